The minimum absolute atomic E-state index is 0.168. The molecule has 3 rings (SSSR count). The zero-order valence-corrected chi connectivity index (χ0v) is 10.7. The van der Waals surface area contributed by atoms with Crippen molar-refractivity contribution in [2.75, 3.05) is 13.1 Å². The Balaban J connectivity index is 1.81. The Hall–Kier alpha value is -1.35. The third-order valence-corrected chi connectivity index (χ3v) is 4.36. The summed E-state index contributed by atoms with van der Waals surface area (Å²) >= 11 is 0. The van der Waals surface area contributed by atoms with Crippen LogP contribution >= 0.6 is 0 Å². The minimum Gasteiger partial charge on any atom is -0.481 e. The summed E-state index contributed by atoms with van der Waals surface area (Å²) in [5.74, 6) is -0.807. The van der Waals surface area contributed by atoms with Crippen LogP contribution in [0, 0.1) is 12.8 Å². The van der Waals surface area contributed by atoms with E-state index in [4.69, 9.17) is 5.11 Å². The first-order valence-corrected chi connectivity index (χ1v) is 6.71. The van der Waals surface area contributed by atoms with Gasteiger partial charge in [-0.05, 0) is 43.9 Å². The molecule has 1 fully saturated rings. The molecule has 3 nitrogen and oxygen atoms in total. The van der Waals surface area contributed by atoms with Crippen molar-refractivity contribution < 1.29 is 9.90 Å². The molecule has 2 unspecified atom stereocenters. The molecule has 0 spiro atoms. The second-order valence-electron chi connectivity index (χ2n) is 5.58. The molecule has 1 aliphatic heterocycles. The number of hydrogen-bond donors (Lipinski definition) is 1. The predicted octanol–water partition coefficient (Wildman–Crippen LogP) is 2.39. The zero-order chi connectivity index (χ0) is 12.7. The second-order valence-corrected chi connectivity index (χ2v) is 5.58. The van der Waals surface area contributed by atoms with Crippen LogP contribution in [0.15, 0.2) is 18.2 Å². The summed E-state index contributed by atoms with van der Waals surface area (Å²) in [6.45, 7) is 3.77. The highest BCUT2D eigenvalue weighted by Gasteiger charge is 2.35. The molecule has 2 atom stereocenters. The number of rotatable bonds is 2. The van der Waals surface area contributed by atoms with E-state index in [1.165, 1.54) is 16.7 Å². The first-order chi connectivity index (χ1) is 8.65. The Labute approximate surface area is 107 Å². The molecule has 1 aromatic carbocycles. The van der Waals surface area contributed by atoms with Gasteiger partial charge >= 0.3 is 5.97 Å². The average Bonchev–Trinajstić information content (AvgIpc) is 2.93. The van der Waals surface area contributed by atoms with Crippen LogP contribution in [0.4, 0.5) is 0 Å². The van der Waals surface area contributed by atoms with Crippen molar-refractivity contribution in [3.8, 4) is 0 Å². The Morgan fingerprint density at radius 3 is 2.94 bits per heavy atom. The topological polar surface area (TPSA) is 40.5 Å². The molecule has 0 amide bonds. The smallest absolute Gasteiger partial charge is 0.307 e. The molecule has 0 radical (unpaired) electrons. The largest absolute Gasteiger partial charge is 0.481 e. The first kappa shape index (κ1) is 11.7. The zero-order valence-electron chi connectivity index (χ0n) is 10.7. The quantitative estimate of drug-likeness (QED) is 0.869. The molecule has 1 aliphatic carbocycles. The highest BCUT2D eigenvalue weighted by Crippen LogP contribution is 2.38. The first-order valence-electron chi connectivity index (χ1n) is 6.71. The van der Waals surface area contributed by atoms with Crippen LogP contribution in [0.3, 0.4) is 0 Å². The van der Waals surface area contributed by atoms with Crippen molar-refractivity contribution in [3.05, 3.63) is 34.9 Å². The summed E-state index contributed by atoms with van der Waals surface area (Å²) in [6.07, 6.45) is 3.08. The number of aliphatic carboxylic acids is 1. The van der Waals surface area contributed by atoms with Gasteiger partial charge in [0.25, 0.3) is 0 Å². The molecular formula is C15H19NO2. The number of likely N-dealkylation sites (tertiary alicyclic amines) is 1. The number of benzene rings is 1. The van der Waals surface area contributed by atoms with E-state index in [-0.39, 0.29) is 5.92 Å². The van der Waals surface area contributed by atoms with E-state index in [2.05, 4.69) is 30.0 Å². The standard InChI is InChI=1S/C15H19NO2/c1-10-2-3-11-4-5-14(13(11)8-10)16-7-6-12(9-16)15(17)18/h2-3,8,12,14H,4-7,9H2,1H3,(H,17,18). The molecule has 3 heteroatoms. The lowest BCUT2D eigenvalue weighted by atomic mass is 10.0. The van der Waals surface area contributed by atoms with Crippen molar-refractivity contribution >= 4 is 5.97 Å². The van der Waals surface area contributed by atoms with Gasteiger partial charge in [0.1, 0.15) is 0 Å². The fourth-order valence-electron chi connectivity index (χ4n) is 3.35. The lowest BCUT2D eigenvalue weighted by Gasteiger charge is -2.24. The summed E-state index contributed by atoms with van der Waals surface area (Å²) in [7, 11) is 0. The SMILES string of the molecule is Cc1ccc2c(c1)C(N1CCC(C(=O)O)C1)CC2. The molecule has 96 valence electrons. The summed E-state index contributed by atoms with van der Waals surface area (Å²) < 4.78 is 0. The van der Waals surface area contributed by atoms with Crippen LogP contribution < -0.4 is 0 Å². The van der Waals surface area contributed by atoms with Gasteiger partial charge in [0.05, 0.1) is 5.92 Å². The Kier molecular flexibility index (Phi) is 2.86. The fraction of sp³-hybridized carbons (Fsp3) is 0.533. The van der Waals surface area contributed by atoms with E-state index in [9.17, 15) is 4.79 Å². The maximum atomic E-state index is 11.0. The van der Waals surface area contributed by atoms with E-state index in [1.807, 2.05) is 0 Å². The maximum absolute atomic E-state index is 11.0. The Morgan fingerprint density at radius 1 is 1.39 bits per heavy atom. The van der Waals surface area contributed by atoms with Crippen LogP contribution in [0.25, 0.3) is 0 Å². The molecule has 1 saturated heterocycles. The third kappa shape index (κ3) is 1.93. The molecule has 1 N–H and O–H groups in total. The van der Waals surface area contributed by atoms with E-state index in [0.717, 1.165) is 25.8 Å². The van der Waals surface area contributed by atoms with Gasteiger partial charge in [-0.25, -0.2) is 0 Å². The molecule has 1 aromatic rings. The third-order valence-electron chi connectivity index (χ3n) is 4.36. The van der Waals surface area contributed by atoms with E-state index >= 15 is 0 Å². The van der Waals surface area contributed by atoms with Gasteiger partial charge in [0.2, 0.25) is 0 Å². The van der Waals surface area contributed by atoms with Gasteiger partial charge in [-0.3, -0.25) is 9.69 Å². The minimum atomic E-state index is -0.639. The van der Waals surface area contributed by atoms with Gasteiger partial charge < -0.3 is 5.11 Å². The summed E-state index contributed by atoms with van der Waals surface area (Å²) in [5.41, 5.74) is 4.18. The molecule has 0 aromatic heterocycles. The predicted molar refractivity (Wildman–Crippen MR) is 69.6 cm³/mol. The van der Waals surface area contributed by atoms with E-state index in [1.54, 1.807) is 0 Å². The molecule has 2 aliphatic rings. The number of carboxylic acids is 1. The lowest BCUT2D eigenvalue weighted by molar-refractivity contribution is -0.141. The highest BCUT2D eigenvalue weighted by molar-refractivity contribution is 5.70. The number of carboxylic acid groups (broad SMARTS) is 1. The number of nitrogens with zero attached hydrogens (tertiary/aromatic N) is 1. The molecule has 0 saturated carbocycles. The maximum Gasteiger partial charge on any atom is 0.307 e. The van der Waals surface area contributed by atoms with E-state index in [0.29, 0.717) is 12.6 Å². The Morgan fingerprint density at radius 2 is 2.22 bits per heavy atom. The monoisotopic (exact) mass is 245 g/mol. The summed E-state index contributed by atoms with van der Waals surface area (Å²) in [4.78, 5) is 13.4. The highest BCUT2D eigenvalue weighted by atomic mass is 16.4. The number of carbonyl (C=O) groups is 1. The molecule has 1 heterocycles. The summed E-state index contributed by atoms with van der Waals surface area (Å²) in [6, 6.07) is 7.13. The number of aryl methyl sites for hydroxylation is 2. The lowest BCUT2D eigenvalue weighted by Crippen LogP contribution is -2.26. The number of hydrogen-bond acceptors (Lipinski definition) is 2. The molecule has 18 heavy (non-hydrogen) atoms. The van der Waals surface area contributed by atoms with Crippen LogP contribution in [0.5, 0.6) is 0 Å². The van der Waals surface area contributed by atoms with Crippen LogP contribution in [0.2, 0.25) is 0 Å². The van der Waals surface area contributed by atoms with Crippen molar-refractivity contribution in [2.45, 2.75) is 32.2 Å². The normalized spacial score (nSPS) is 27.4. The van der Waals surface area contributed by atoms with Crippen LogP contribution in [-0.2, 0) is 11.2 Å². The summed E-state index contributed by atoms with van der Waals surface area (Å²) in [5, 5.41) is 9.09. The molecule has 0 bridgehead atoms. The van der Waals surface area contributed by atoms with Crippen molar-refractivity contribution in [3.63, 3.8) is 0 Å². The molecular weight excluding hydrogens is 226 g/mol. The van der Waals surface area contributed by atoms with Crippen molar-refractivity contribution in [2.24, 2.45) is 5.92 Å². The van der Waals surface area contributed by atoms with Crippen molar-refractivity contribution in [1.29, 1.82) is 0 Å². The fourth-order valence-corrected chi connectivity index (χ4v) is 3.35. The van der Waals surface area contributed by atoms with Crippen molar-refractivity contribution in [1.82, 2.24) is 4.90 Å². The van der Waals surface area contributed by atoms with E-state index < -0.39 is 5.97 Å². The van der Waals surface area contributed by atoms with Gasteiger partial charge in [0, 0.05) is 12.6 Å². The van der Waals surface area contributed by atoms with Crippen LogP contribution in [0.1, 0.15) is 35.6 Å². The Bertz CT molecular complexity index is 483. The van der Waals surface area contributed by atoms with Gasteiger partial charge in [-0.2, -0.15) is 0 Å². The number of fused-ring (bicyclic) bond motifs is 1. The second kappa shape index (κ2) is 4.39. The van der Waals surface area contributed by atoms with Gasteiger partial charge in [-0.1, -0.05) is 23.8 Å². The van der Waals surface area contributed by atoms with Gasteiger partial charge in [-0.15, -0.1) is 0 Å². The van der Waals surface area contributed by atoms with Gasteiger partial charge in [0.15, 0.2) is 0 Å². The average molecular weight is 245 g/mol. The van der Waals surface area contributed by atoms with Crippen LogP contribution in [-0.4, -0.2) is 29.1 Å².